The molecule has 0 aromatic heterocycles. The number of carbonyl (C=O) groups excluding carboxylic acids is 1. The second kappa shape index (κ2) is 4.96. The van der Waals surface area contributed by atoms with Crippen molar-refractivity contribution in [3.05, 3.63) is 35.4 Å². The van der Waals surface area contributed by atoms with E-state index >= 15 is 0 Å². The van der Waals surface area contributed by atoms with Gasteiger partial charge < -0.3 is 5.73 Å². The summed E-state index contributed by atoms with van der Waals surface area (Å²) in [6.45, 7) is 0. The fraction of sp³-hybridized carbons (Fsp3) is 0.500. The summed E-state index contributed by atoms with van der Waals surface area (Å²) in [5.41, 5.74) is 4.28. The molecule has 1 aromatic carbocycles. The normalized spacial score (nSPS) is 18.5. The SMILES string of the molecule is NC1(CC(=O)c2ccccc2C(F)(F)F)CCCC1. The van der Waals surface area contributed by atoms with Crippen molar-refractivity contribution in [1.29, 1.82) is 0 Å². The first-order valence-corrected chi connectivity index (χ1v) is 6.30. The number of nitrogens with two attached hydrogens (primary N) is 1. The van der Waals surface area contributed by atoms with E-state index in [-0.39, 0.29) is 12.0 Å². The molecular weight excluding hydrogens is 255 g/mol. The number of halogens is 3. The largest absolute Gasteiger partial charge is 0.417 e. The molecule has 19 heavy (non-hydrogen) atoms. The predicted octanol–water partition coefficient (Wildman–Crippen LogP) is 3.55. The number of benzene rings is 1. The molecule has 0 bridgehead atoms. The Kier molecular flexibility index (Phi) is 3.67. The Hall–Kier alpha value is -1.36. The van der Waals surface area contributed by atoms with Crippen LogP contribution in [0.1, 0.15) is 48.0 Å². The lowest BCUT2D eigenvalue weighted by Crippen LogP contribution is -2.39. The van der Waals surface area contributed by atoms with Gasteiger partial charge in [0.1, 0.15) is 0 Å². The van der Waals surface area contributed by atoms with Crippen LogP contribution in [-0.4, -0.2) is 11.3 Å². The monoisotopic (exact) mass is 271 g/mol. The van der Waals surface area contributed by atoms with Crippen molar-refractivity contribution in [1.82, 2.24) is 0 Å². The van der Waals surface area contributed by atoms with Gasteiger partial charge in [-0.05, 0) is 18.9 Å². The van der Waals surface area contributed by atoms with Gasteiger partial charge in [0.15, 0.2) is 5.78 Å². The number of carbonyl (C=O) groups is 1. The zero-order valence-corrected chi connectivity index (χ0v) is 10.5. The molecule has 0 amide bonds. The molecule has 1 fully saturated rings. The molecule has 0 unspecified atom stereocenters. The maximum Gasteiger partial charge on any atom is 0.417 e. The molecule has 2 nitrogen and oxygen atoms in total. The van der Waals surface area contributed by atoms with Crippen molar-refractivity contribution in [2.45, 2.75) is 43.8 Å². The fourth-order valence-corrected chi connectivity index (χ4v) is 2.64. The van der Waals surface area contributed by atoms with Crippen molar-refractivity contribution in [3.8, 4) is 0 Å². The molecule has 2 rings (SSSR count). The highest BCUT2D eigenvalue weighted by Crippen LogP contribution is 2.35. The topological polar surface area (TPSA) is 43.1 Å². The second-order valence-corrected chi connectivity index (χ2v) is 5.21. The van der Waals surface area contributed by atoms with Crippen LogP contribution in [0, 0.1) is 0 Å². The van der Waals surface area contributed by atoms with E-state index in [1.807, 2.05) is 0 Å². The van der Waals surface area contributed by atoms with E-state index < -0.39 is 23.1 Å². The Balaban J connectivity index is 2.24. The molecular formula is C14H16F3NO. The standard InChI is InChI=1S/C14H16F3NO/c15-14(16,17)11-6-2-1-5-10(11)12(19)9-13(18)7-3-4-8-13/h1-2,5-6H,3-4,7-9,18H2. The average molecular weight is 271 g/mol. The van der Waals surface area contributed by atoms with E-state index in [4.69, 9.17) is 5.73 Å². The molecule has 1 saturated carbocycles. The molecule has 2 N–H and O–H groups in total. The first-order chi connectivity index (χ1) is 8.82. The van der Waals surface area contributed by atoms with E-state index in [9.17, 15) is 18.0 Å². The molecule has 1 aromatic rings. The summed E-state index contributed by atoms with van der Waals surface area (Å²) in [6.07, 6.45) is -1.25. The lowest BCUT2D eigenvalue weighted by molar-refractivity contribution is -0.137. The van der Waals surface area contributed by atoms with Gasteiger partial charge >= 0.3 is 6.18 Å². The van der Waals surface area contributed by atoms with Gasteiger partial charge in [-0.1, -0.05) is 31.0 Å². The van der Waals surface area contributed by atoms with Crippen LogP contribution in [0.5, 0.6) is 0 Å². The highest BCUT2D eigenvalue weighted by molar-refractivity contribution is 5.98. The maximum atomic E-state index is 12.8. The zero-order valence-electron chi connectivity index (χ0n) is 10.5. The summed E-state index contributed by atoms with van der Waals surface area (Å²) < 4.78 is 38.5. The summed E-state index contributed by atoms with van der Waals surface area (Å²) in [5, 5.41) is 0. The van der Waals surface area contributed by atoms with Crippen LogP contribution in [0.4, 0.5) is 13.2 Å². The van der Waals surface area contributed by atoms with Gasteiger partial charge in [0, 0.05) is 17.5 Å². The molecule has 1 aliphatic carbocycles. The Bertz CT molecular complexity index is 476. The summed E-state index contributed by atoms with van der Waals surface area (Å²) in [5.74, 6) is -0.516. The predicted molar refractivity (Wildman–Crippen MR) is 65.8 cm³/mol. The Morgan fingerprint density at radius 2 is 1.79 bits per heavy atom. The minimum absolute atomic E-state index is 0.0138. The van der Waals surface area contributed by atoms with Crippen LogP contribution in [-0.2, 0) is 6.18 Å². The quantitative estimate of drug-likeness (QED) is 0.854. The first kappa shape index (κ1) is 14.1. The Morgan fingerprint density at radius 3 is 2.37 bits per heavy atom. The van der Waals surface area contributed by atoms with Crippen LogP contribution in [0.15, 0.2) is 24.3 Å². The third-order valence-electron chi connectivity index (χ3n) is 3.64. The average Bonchev–Trinajstić information content (AvgIpc) is 2.74. The van der Waals surface area contributed by atoms with Gasteiger partial charge in [0.05, 0.1) is 5.56 Å². The van der Waals surface area contributed by atoms with Crippen molar-refractivity contribution in [2.24, 2.45) is 5.73 Å². The number of Topliss-reactive ketones (excluding diaryl/α,β-unsaturated/α-hetero) is 1. The molecule has 0 saturated heterocycles. The van der Waals surface area contributed by atoms with Crippen LogP contribution in [0.3, 0.4) is 0 Å². The Morgan fingerprint density at radius 1 is 1.21 bits per heavy atom. The fourth-order valence-electron chi connectivity index (χ4n) is 2.64. The number of hydrogen-bond acceptors (Lipinski definition) is 2. The first-order valence-electron chi connectivity index (χ1n) is 6.30. The van der Waals surface area contributed by atoms with Gasteiger partial charge in [-0.3, -0.25) is 4.79 Å². The number of hydrogen-bond donors (Lipinski definition) is 1. The summed E-state index contributed by atoms with van der Waals surface area (Å²) in [7, 11) is 0. The third kappa shape index (κ3) is 3.15. The van der Waals surface area contributed by atoms with Crippen LogP contribution >= 0.6 is 0 Å². The highest BCUT2D eigenvalue weighted by Gasteiger charge is 2.37. The molecule has 0 atom stereocenters. The van der Waals surface area contributed by atoms with Crippen molar-refractivity contribution < 1.29 is 18.0 Å². The lowest BCUT2D eigenvalue weighted by atomic mass is 9.88. The minimum atomic E-state index is -4.51. The second-order valence-electron chi connectivity index (χ2n) is 5.21. The number of alkyl halides is 3. The lowest BCUT2D eigenvalue weighted by Gasteiger charge is -2.23. The van der Waals surface area contributed by atoms with Crippen molar-refractivity contribution in [2.75, 3.05) is 0 Å². The van der Waals surface area contributed by atoms with Crippen LogP contribution in [0.2, 0.25) is 0 Å². The summed E-state index contributed by atoms with van der Waals surface area (Å²) in [4.78, 5) is 12.1. The number of ketones is 1. The molecule has 0 radical (unpaired) electrons. The molecule has 104 valence electrons. The van der Waals surface area contributed by atoms with Crippen LogP contribution in [0.25, 0.3) is 0 Å². The van der Waals surface area contributed by atoms with Gasteiger partial charge in [0.25, 0.3) is 0 Å². The minimum Gasteiger partial charge on any atom is -0.325 e. The van der Waals surface area contributed by atoms with Gasteiger partial charge in [-0.15, -0.1) is 0 Å². The molecule has 1 aliphatic rings. The van der Waals surface area contributed by atoms with E-state index in [0.717, 1.165) is 18.9 Å². The maximum absolute atomic E-state index is 12.8. The highest BCUT2D eigenvalue weighted by atomic mass is 19.4. The zero-order chi connectivity index (χ0) is 14.1. The molecule has 5 heteroatoms. The summed E-state index contributed by atoms with van der Waals surface area (Å²) >= 11 is 0. The van der Waals surface area contributed by atoms with Crippen LogP contribution < -0.4 is 5.73 Å². The van der Waals surface area contributed by atoms with Crippen molar-refractivity contribution >= 4 is 5.78 Å². The van der Waals surface area contributed by atoms with E-state index in [2.05, 4.69) is 0 Å². The molecule has 0 heterocycles. The van der Waals surface area contributed by atoms with Crippen molar-refractivity contribution in [3.63, 3.8) is 0 Å². The van der Waals surface area contributed by atoms with Gasteiger partial charge in [-0.25, -0.2) is 0 Å². The van der Waals surface area contributed by atoms with Gasteiger partial charge in [-0.2, -0.15) is 13.2 Å². The third-order valence-corrected chi connectivity index (χ3v) is 3.64. The molecule has 0 spiro atoms. The summed E-state index contributed by atoms with van der Waals surface area (Å²) in [6, 6.07) is 4.89. The van der Waals surface area contributed by atoms with E-state index in [1.54, 1.807) is 0 Å². The van der Waals surface area contributed by atoms with E-state index in [0.29, 0.717) is 12.8 Å². The smallest absolute Gasteiger partial charge is 0.325 e. The Labute approximate surface area is 109 Å². The number of rotatable bonds is 3. The van der Waals surface area contributed by atoms with E-state index in [1.165, 1.54) is 18.2 Å². The van der Waals surface area contributed by atoms with Gasteiger partial charge in [0.2, 0.25) is 0 Å². The molecule has 0 aliphatic heterocycles.